The van der Waals surface area contributed by atoms with E-state index >= 15 is 0 Å². The lowest BCUT2D eigenvalue weighted by atomic mass is 9.86. The van der Waals surface area contributed by atoms with E-state index in [0.717, 1.165) is 25.8 Å². The largest absolute Gasteiger partial charge is 0.316 e. The van der Waals surface area contributed by atoms with Crippen molar-refractivity contribution in [1.82, 2.24) is 4.90 Å². The molecule has 0 aromatic carbocycles. The summed E-state index contributed by atoms with van der Waals surface area (Å²) in [6.07, 6.45) is 6.98. The minimum atomic E-state index is 0.259. The van der Waals surface area contributed by atoms with Gasteiger partial charge in [0.1, 0.15) is 0 Å². The summed E-state index contributed by atoms with van der Waals surface area (Å²) in [5.74, 6) is 1.19. The lowest BCUT2D eigenvalue weighted by Crippen LogP contribution is -2.30. The van der Waals surface area contributed by atoms with Gasteiger partial charge in [-0.2, -0.15) is 0 Å². The quantitative estimate of drug-likeness (QED) is 0.727. The van der Waals surface area contributed by atoms with Crippen molar-refractivity contribution in [1.29, 1.82) is 0 Å². The molecule has 0 bridgehead atoms. The Bertz CT molecular complexity index is 326. The average molecular weight is 235 g/mol. The Hall–Kier alpha value is -0.790. The van der Waals surface area contributed by atoms with Gasteiger partial charge in [-0.1, -0.05) is 32.8 Å². The molecule has 96 valence electrons. The predicted molar refractivity (Wildman–Crippen MR) is 70.4 cm³/mol. The van der Waals surface area contributed by atoms with Gasteiger partial charge in [-0.05, 0) is 38.0 Å². The molecule has 1 saturated carbocycles. The minimum absolute atomic E-state index is 0.259. The van der Waals surface area contributed by atoms with Crippen molar-refractivity contribution in [3.05, 3.63) is 11.3 Å². The van der Waals surface area contributed by atoms with Gasteiger partial charge in [0.15, 0.2) is 0 Å². The summed E-state index contributed by atoms with van der Waals surface area (Å²) in [5.41, 5.74) is 2.96. The van der Waals surface area contributed by atoms with E-state index in [-0.39, 0.29) is 5.92 Å². The van der Waals surface area contributed by atoms with Crippen molar-refractivity contribution in [2.75, 3.05) is 6.54 Å². The van der Waals surface area contributed by atoms with Crippen LogP contribution in [0.2, 0.25) is 0 Å². The van der Waals surface area contributed by atoms with Crippen LogP contribution in [-0.2, 0) is 4.79 Å². The Balaban J connectivity index is 2.19. The lowest BCUT2D eigenvalue weighted by molar-refractivity contribution is -0.131. The molecule has 1 aliphatic heterocycles. The Morgan fingerprint density at radius 2 is 2.06 bits per heavy atom. The van der Waals surface area contributed by atoms with Crippen LogP contribution in [0.15, 0.2) is 11.3 Å². The number of carbonyl (C=O) groups excluding carboxylic acids is 1. The first-order valence-corrected chi connectivity index (χ1v) is 7.21. The second-order valence-electron chi connectivity index (χ2n) is 5.59. The Kier molecular flexibility index (Phi) is 3.90. The van der Waals surface area contributed by atoms with Crippen LogP contribution >= 0.6 is 0 Å². The first-order valence-electron chi connectivity index (χ1n) is 7.21. The maximum absolute atomic E-state index is 12.4. The van der Waals surface area contributed by atoms with Gasteiger partial charge >= 0.3 is 0 Å². The Morgan fingerprint density at radius 1 is 1.35 bits per heavy atom. The van der Waals surface area contributed by atoms with Crippen LogP contribution in [0.5, 0.6) is 0 Å². The van der Waals surface area contributed by atoms with Crippen molar-refractivity contribution >= 4 is 5.91 Å². The molecule has 1 amide bonds. The van der Waals surface area contributed by atoms with E-state index in [2.05, 4.69) is 25.7 Å². The van der Waals surface area contributed by atoms with E-state index < -0.39 is 0 Å². The summed E-state index contributed by atoms with van der Waals surface area (Å²) in [7, 11) is 0. The second kappa shape index (κ2) is 5.24. The zero-order chi connectivity index (χ0) is 12.4. The molecule has 2 unspecified atom stereocenters. The van der Waals surface area contributed by atoms with Gasteiger partial charge in [-0.25, -0.2) is 0 Å². The van der Waals surface area contributed by atoms with Crippen molar-refractivity contribution in [3.8, 4) is 0 Å². The third-order valence-electron chi connectivity index (χ3n) is 4.47. The highest BCUT2D eigenvalue weighted by Gasteiger charge is 2.39. The summed E-state index contributed by atoms with van der Waals surface area (Å²) in [6, 6.07) is 0. The number of allylic oxidation sites excluding steroid dienone is 2. The summed E-state index contributed by atoms with van der Waals surface area (Å²) in [6.45, 7) is 7.50. The molecule has 0 spiro atoms. The van der Waals surface area contributed by atoms with Crippen LogP contribution < -0.4 is 0 Å². The smallest absolute Gasteiger partial charge is 0.230 e. The van der Waals surface area contributed by atoms with Gasteiger partial charge in [-0.15, -0.1) is 0 Å². The van der Waals surface area contributed by atoms with Gasteiger partial charge in [0, 0.05) is 18.2 Å². The number of rotatable bonds is 4. The molecule has 2 rings (SSSR count). The average Bonchev–Trinajstić information content (AvgIpc) is 2.55. The van der Waals surface area contributed by atoms with Crippen molar-refractivity contribution in [2.24, 2.45) is 11.8 Å². The SMILES string of the molecule is CCCN1C(=O)C(C(C)CC)CC1=C1CCC1. The zero-order valence-electron chi connectivity index (χ0n) is 11.5. The van der Waals surface area contributed by atoms with Crippen LogP contribution in [0.25, 0.3) is 0 Å². The van der Waals surface area contributed by atoms with Crippen molar-refractivity contribution in [3.63, 3.8) is 0 Å². The lowest BCUT2D eigenvalue weighted by Gasteiger charge is -2.25. The van der Waals surface area contributed by atoms with Gasteiger partial charge in [0.25, 0.3) is 0 Å². The topological polar surface area (TPSA) is 20.3 Å². The maximum atomic E-state index is 12.4. The van der Waals surface area contributed by atoms with Gasteiger partial charge in [-0.3, -0.25) is 4.79 Å². The third kappa shape index (κ3) is 2.27. The fourth-order valence-corrected chi connectivity index (χ4v) is 2.91. The highest BCUT2D eigenvalue weighted by Crippen LogP contribution is 2.40. The number of hydrogen-bond acceptors (Lipinski definition) is 1. The fourth-order valence-electron chi connectivity index (χ4n) is 2.91. The minimum Gasteiger partial charge on any atom is -0.316 e. The normalized spacial score (nSPS) is 26.4. The monoisotopic (exact) mass is 235 g/mol. The molecule has 2 aliphatic rings. The molecule has 0 N–H and O–H groups in total. The number of nitrogens with zero attached hydrogens (tertiary/aromatic N) is 1. The van der Waals surface area contributed by atoms with Crippen LogP contribution in [0.4, 0.5) is 0 Å². The van der Waals surface area contributed by atoms with E-state index in [1.165, 1.54) is 25.0 Å². The molecule has 0 aromatic heterocycles. The highest BCUT2D eigenvalue weighted by atomic mass is 16.2. The van der Waals surface area contributed by atoms with E-state index in [1.54, 1.807) is 5.57 Å². The summed E-state index contributed by atoms with van der Waals surface area (Å²) in [5, 5.41) is 0. The van der Waals surface area contributed by atoms with E-state index in [9.17, 15) is 4.79 Å². The first-order chi connectivity index (χ1) is 8.19. The molecule has 2 fully saturated rings. The molecule has 0 radical (unpaired) electrons. The molecule has 2 nitrogen and oxygen atoms in total. The molecule has 2 atom stereocenters. The first kappa shape index (κ1) is 12.7. The Labute approximate surface area is 105 Å². The van der Waals surface area contributed by atoms with Crippen LogP contribution in [0.3, 0.4) is 0 Å². The van der Waals surface area contributed by atoms with Crippen molar-refractivity contribution in [2.45, 2.75) is 59.3 Å². The summed E-state index contributed by atoms with van der Waals surface area (Å²) >= 11 is 0. The third-order valence-corrected chi connectivity index (χ3v) is 4.47. The summed E-state index contributed by atoms with van der Waals surface area (Å²) < 4.78 is 0. The second-order valence-corrected chi connectivity index (χ2v) is 5.59. The van der Waals surface area contributed by atoms with E-state index in [4.69, 9.17) is 0 Å². The van der Waals surface area contributed by atoms with E-state index in [1.807, 2.05) is 0 Å². The fraction of sp³-hybridized carbons (Fsp3) is 0.800. The summed E-state index contributed by atoms with van der Waals surface area (Å²) in [4.78, 5) is 14.5. The zero-order valence-corrected chi connectivity index (χ0v) is 11.5. The molecular formula is C15H25NO. The maximum Gasteiger partial charge on any atom is 0.230 e. The molecule has 1 heterocycles. The molecule has 2 heteroatoms. The standard InChI is InChI=1S/C15H25NO/c1-4-9-16-14(12-7-6-8-12)10-13(15(16)17)11(3)5-2/h11,13H,4-10H2,1-3H3. The molecule has 1 saturated heterocycles. The number of amides is 1. The molecule has 1 aliphatic carbocycles. The van der Waals surface area contributed by atoms with E-state index in [0.29, 0.717) is 11.8 Å². The van der Waals surface area contributed by atoms with Gasteiger partial charge in [0.2, 0.25) is 5.91 Å². The number of hydrogen-bond donors (Lipinski definition) is 0. The highest BCUT2D eigenvalue weighted by molar-refractivity contribution is 5.84. The van der Waals surface area contributed by atoms with Crippen LogP contribution in [0.1, 0.15) is 59.3 Å². The molecule has 0 aromatic rings. The predicted octanol–water partition coefficient (Wildman–Crippen LogP) is 3.73. The number of carbonyl (C=O) groups is 1. The van der Waals surface area contributed by atoms with Crippen LogP contribution in [0, 0.1) is 11.8 Å². The molecule has 17 heavy (non-hydrogen) atoms. The van der Waals surface area contributed by atoms with Crippen molar-refractivity contribution < 1.29 is 4.79 Å². The molecular weight excluding hydrogens is 210 g/mol. The van der Waals surface area contributed by atoms with Gasteiger partial charge < -0.3 is 4.90 Å². The number of likely N-dealkylation sites (tertiary alicyclic amines) is 1. The van der Waals surface area contributed by atoms with Crippen LogP contribution in [-0.4, -0.2) is 17.4 Å². The Morgan fingerprint density at radius 3 is 2.53 bits per heavy atom. The van der Waals surface area contributed by atoms with Gasteiger partial charge in [0.05, 0.1) is 0 Å².